The molecular weight excluding hydrogens is 390 g/mol. The Labute approximate surface area is 159 Å². The van der Waals surface area contributed by atoms with Gasteiger partial charge in [0.1, 0.15) is 5.82 Å². The Hall–Kier alpha value is -2.92. The summed E-state index contributed by atoms with van der Waals surface area (Å²) in [6, 6.07) is 21.0. The van der Waals surface area contributed by atoms with Crippen molar-refractivity contribution in [3.8, 4) is 11.4 Å². The van der Waals surface area contributed by atoms with Crippen molar-refractivity contribution in [3.63, 3.8) is 0 Å². The zero-order chi connectivity index (χ0) is 18.1. The van der Waals surface area contributed by atoms with Gasteiger partial charge in [0.15, 0.2) is 0 Å². The van der Waals surface area contributed by atoms with Gasteiger partial charge < -0.3 is 10.3 Å². The lowest BCUT2D eigenvalue weighted by molar-refractivity contribution is 0.102. The number of carbonyl (C=O) groups is 1. The summed E-state index contributed by atoms with van der Waals surface area (Å²) in [5.74, 6) is 0.657. The monoisotopic (exact) mass is 405 g/mol. The largest absolute Gasteiger partial charge is 0.338 e. The van der Waals surface area contributed by atoms with E-state index < -0.39 is 0 Å². The highest BCUT2D eigenvalue weighted by Crippen LogP contribution is 2.22. The van der Waals surface area contributed by atoms with Crippen LogP contribution in [0.2, 0.25) is 0 Å². The molecule has 0 bridgehead atoms. The average molecular weight is 406 g/mol. The van der Waals surface area contributed by atoms with Gasteiger partial charge in [-0.05, 0) is 61.0 Å². The van der Waals surface area contributed by atoms with Crippen LogP contribution >= 0.6 is 15.9 Å². The Kier molecular flexibility index (Phi) is 4.31. The standard InChI is InChI=1S/C21H16BrN3O/c1-13-2-11-18-19(12-13)25-20(24-18)14-3-5-15(6-4-14)21(26)23-17-9-7-16(22)8-10-17/h2-12H,1H3,(H,23,26)(H,24,25). The Bertz CT molecular complexity index is 1080. The minimum absolute atomic E-state index is 0.140. The minimum Gasteiger partial charge on any atom is -0.338 e. The van der Waals surface area contributed by atoms with Gasteiger partial charge in [-0.2, -0.15) is 0 Å². The van der Waals surface area contributed by atoms with Gasteiger partial charge >= 0.3 is 0 Å². The van der Waals surface area contributed by atoms with Crippen LogP contribution in [-0.4, -0.2) is 15.9 Å². The number of H-pyrrole nitrogens is 1. The number of fused-ring (bicyclic) bond motifs is 1. The topological polar surface area (TPSA) is 57.8 Å². The SMILES string of the molecule is Cc1ccc2nc(-c3ccc(C(=O)Nc4ccc(Br)cc4)cc3)[nH]c2c1. The fourth-order valence-electron chi connectivity index (χ4n) is 2.78. The van der Waals surface area contributed by atoms with E-state index in [9.17, 15) is 4.79 Å². The molecule has 0 saturated carbocycles. The Morgan fingerprint density at radius 1 is 1.00 bits per heavy atom. The van der Waals surface area contributed by atoms with Gasteiger partial charge in [0.05, 0.1) is 11.0 Å². The van der Waals surface area contributed by atoms with E-state index in [2.05, 4.69) is 44.2 Å². The number of rotatable bonds is 3. The molecule has 1 heterocycles. The smallest absolute Gasteiger partial charge is 0.255 e. The van der Waals surface area contributed by atoms with Crippen molar-refractivity contribution >= 4 is 38.6 Å². The molecule has 26 heavy (non-hydrogen) atoms. The molecule has 2 N–H and O–H groups in total. The number of nitrogens with zero attached hydrogens (tertiary/aromatic N) is 1. The predicted octanol–water partition coefficient (Wildman–Crippen LogP) is 5.55. The Balaban J connectivity index is 1.55. The molecule has 0 fully saturated rings. The molecule has 0 radical (unpaired) electrons. The summed E-state index contributed by atoms with van der Waals surface area (Å²) < 4.78 is 0.973. The number of halogens is 1. The molecule has 1 amide bonds. The van der Waals surface area contributed by atoms with Gasteiger partial charge in [-0.1, -0.05) is 34.1 Å². The number of aryl methyl sites for hydroxylation is 1. The third kappa shape index (κ3) is 3.39. The number of aromatic amines is 1. The van der Waals surface area contributed by atoms with Crippen LogP contribution in [0.25, 0.3) is 22.4 Å². The van der Waals surface area contributed by atoms with E-state index in [0.29, 0.717) is 5.56 Å². The average Bonchev–Trinajstić information content (AvgIpc) is 3.07. The number of benzene rings is 3. The summed E-state index contributed by atoms with van der Waals surface area (Å²) in [5, 5.41) is 2.89. The number of aromatic nitrogens is 2. The third-order valence-corrected chi connectivity index (χ3v) is 4.69. The molecule has 1 aromatic heterocycles. The van der Waals surface area contributed by atoms with Crippen LogP contribution in [0.5, 0.6) is 0 Å². The first-order valence-electron chi connectivity index (χ1n) is 8.22. The summed E-state index contributed by atoms with van der Waals surface area (Å²) in [7, 11) is 0. The number of imidazole rings is 1. The molecule has 0 unspecified atom stereocenters. The molecule has 4 aromatic rings. The Morgan fingerprint density at radius 3 is 2.46 bits per heavy atom. The molecule has 128 valence electrons. The fourth-order valence-corrected chi connectivity index (χ4v) is 3.04. The van der Waals surface area contributed by atoms with Gasteiger partial charge in [0.25, 0.3) is 5.91 Å². The van der Waals surface area contributed by atoms with Crippen molar-refractivity contribution in [1.82, 2.24) is 9.97 Å². The second-order valence-corrected chi connectivity index (χ2v) is 7.06. The van der Waals surface area contributed by atoms with Crippen LogP contribution in [-0.2, 0) is 0 Å². The van der Waals surface area contributed by atoms with Crippen LogP contribution < -0.4 is 5.32 Å². The van der Waals surface area contributed by atoms with Gasteiger partial charge in [0, 0.05) is 21.3 Å². The maximum absolute atomic E-state index is 12.4. The lowest BCUT2D eigenvalue weighted by Gasteiger charge is -2.06. The molecule has 0 saturated heterocycles. The van der Waals surface area contributed by atoms with Crippen LogP contribution in [0.3, 0.4) is 0 Å². The van der Waals surface area contributed by atoms with Crippen LogP contribution in [0.15, 0.2) is 71.2 Å². The lowest BCUT2D eigenvalue weighted by Crippen LogP contribution is -2.11. The molecule has 0 aliphatic carbocycles. The number of hydrogen-bond acceptors (Lipinski definition) is 2. The van der Waals surface area contributed by atoms with Gasteiger partial charge in [0.2, 0.25) is 0 Å². The number of hydrogen-bond donors (Lipinski definition) is 2. The van der Waals surface area contributed by atoms with E-state index in [4.69, 9.17) is 0 Å². The summed E-state index contributed by atoms with van der Waals surface area (Å²) >= 11 is 3.38. The maximum Gasteiger partial charge on any atom is 0.255 e. The van der Waals surface area contributed by atoms with Gasteiger partial charge in [-0.15, -0.1) is 0 Å². The highest BCUT2D eigenvalue weighted by molar-refractivity contribution is 9.10. The van der Waals surface area contributed by atoms with E-state index in [-0.39, 0.29) is 5.91 Å². The summed E-state index contributed by atoms with van der Waals surface area (Å²) in [6.45, 7) is 2.05. The van der Waals surface area contributed by atoms with E-state index in [0.717, 1.165) is 32.6 Å². The second-order valence-electron chi connectivity index (χ2n) is 6.14. The highest BCUT2D eigenvalue weighted by atomic mass is 79.9. The molecule has 0 spiro atoms. The van der Waals surface area contributed by atoms with Crippen LogP contribution in [0.4, 0.5) is 5.69 Å². The van der Waals surface area contributed by atoms with Gasteiger partial charge in [-0.3, -0.25) is 4.79 Å². The predicted molar refractivity (Wildman–Crippen MR) is 108 cm³/mol. The summed E-state index contributed by atoms with van der Waals surface area (Å²) in [5.41, 5.74) is 5.44. The molecule has 0 aliphatic heterocycles. The third-order valence-electron chi connectivity index (χ3n) is 4.16. The molecule has 3 aromatic carbocycles. The molecule has 5 heteroatoms. The zero-order valence-corrected chi connectivity index (χ0v) is 15.7. The van der Waals surface area contributed by atoms with Crippen molar-refractivity contribution in [2.45, 2.75) is 6.92 Å². The molecule has 4 rings (SSSR count). The van der Waals surface area contributed by atoms with Crippen molar-refractivity contribution in [2.75, 3.05) is 5.32 Å². The van der Waals surface area contributed by atoms with E-state index in [1.165, 1.54) is 5.56 Å². The zero-order valence-electron chi connectivity index (χ0n) is 14.1. The first kappa shape index (κ1) is 16.5. The highest BCUT2D eigenvalue weighted by Gasteiger charge is 2.09. The number of anilines is 1. The Morgan fingerprint density at radius 2 is 1.73 bits per heavy atom. The van der Waals surface area contributed by atoms with Crippen molar-refractivity contribution in [1.29, 1.82) is 0 Å². The maximum atomic E-state index is 12.4. The molecule has 4 nitrogen and oxygen atoms in total. The second kappa shape index (κ2) is 6.77. The first-order valence-corrected chi connectivity index (χ1v) is 9.01. The van der Waals surface area contributed by atoms with Crippen LogP contribution in [0, 0.1) is 6.92 Å². The minimum atomic E-state index is -0.140. The number of nitrogens with one attached hydrogen (secondary N) is 2. The van der Waals surface area contributed by atoms with E-state index in [1.54, 1.807) is 0 Å². The van der Waals surface area contributed by atoms with Crippen molar-refractivity contribution in [2.24, 2.45) is 0 Å². The van der Waals surface area contributed by atoms with Gasteiger partial charge in [-0.25, -0.2) is 4.98 Å². The fraction of sp³-hybridized carbons (Fsp3) is 0.0476. The number of amides is 1. The quantitative estimate of drug-likeness (QED) is 0.469. The molecular formula is C21H16BrN3O. The van der Waals surface area contributed by atoms with Crippen LogP contribution in [0.1, 0.15) is 15.9 Å². The number of carbonyl (C=O) groups excluding carboxylic acids is 1. The summed E-state index contributed by atoms with van der Waals surface area (Å²) in [6.07, 6.45) is 0. The first-order chi connectivity index (χ1) is 12.6. The lowest BCUT2D eigenvalue weighted by atomic mass is 10.1. The normalized spacial score (nSPS) is 10.8. The van der Waals surface area contributed by atoms with Crippen molar-refractivity contribution in [3.05, 3.63) is 82.3 Å². The summed E-state index contributed by atoms with van der Waals surface area (Å²) in [4.78, 5) is 20.3. The molecule has 0 atom stereocenters. The van der Waals surface area contributed by atoms with Crippen molar-refractivity contribution < 1.29 is 4.79 Å². The molecule has 0 aliphatic rings. The van der Waals surface area contributed by atoms with E-state index >= 15 is 0 Å². The van der Waals surface area contributed by atoms with E-state index in [1.807, 2.05) is 60.7 Å².